The third kappa shape index (κ3) is 3.05. The second-order valence-corrected chi connectivity index (χ2v) is 5.41. The van der Waals surface area contributed by atoms with Gasteiger partial charge in [-0.1, -0.05) is 24.3 Å². The van der Waals surface area contributed by atoms with Gasteiger partial charge in [0.2, 0.25) is 5.91 Å². The number of hydrazine groups is 1. The molecule has 1 saturated carbocycles. The van der Waals surface area contributed by atoms with Crippen LogP contribution in [-0.2, 0) is 17.8 Å². The van der Waals surface area contributed by atoms with E-state index < -0.39 is 0 Å². The maximum atomic E-state index is 12.2. The number of amides is 1. The number of carbonyl (C=O) groups excluding carboxylic acids is 1. The molecular weight excluding hydrogens is 268 g/mol. The second-order valence-electron chi connectivity index (χ2n) is 5.41. The summed E-state index contributed by atoms with van der Waals surface area (Å²) in [5.74, 6) is 4.84. The van der Waals surface area contributed by atoms with Crippen LogP contribution < -0.4 is 17.0 Å². The van der Waals surface area contributed by atoms with Gasteiger partial charge < -0.3 is 0 Å². The third-order valence-electron chi connectivity index (χ3n) is 3.72. The fourth-order valence-corrected chi connectivity index (χ4v) is 2.37. The molecule has 0 spiro atoms. The summed E-state index contributed by atoms with van der Waals surface area (Å²) >= 11 is 0. The number of nitrogens with two attached hydrogens (primary N) is 1. The Morgan fingerprint density at radius 1 is 1.19 bits per heavy atom. The zero-order valence-electron chi connectivity index (χ0n) is 11.7. The van der Waals surface area contributed by atoms with E-state index in [1.165, 1.54) is 0 Å². The van der Waals surface area contributed by atoms with Gasteiger partial charge in [0.15, 0.2) is 0 Å². The Kier molecular flexibility index (Phi) is 3.62. The maximum Gasteiger partial charge on any atom is 0.328 e. The number of aromatic nitrogens is 2. The molecule has 21 heavy (non-hydrogen) atoms. The highest BCUT2D eigenvalue weighted by Crippen LogP contribution is 2.33. The molecule has 1 aromatic carbocycles. The molecule has 0 atom stereocenters. The van der Waals surface area contributed by atoms with Crippen LogP contribution in [0.2, 0.25) is 0 Å². The minimum atomic E-state index is -0.222. The van der Waals surface area contributed by atoms with Gasteiger partial charge in [-0.05, 0) is 24.0 Å². The average Bonchev–Trinajstić information content (AvgIpc) is 3.27. The van der Waals surface area contributed by atoms with Crippen LogP contribution in [0.15, 0.2) is 41.5 Å². The first-order chi connectivity index (χ1) is 10.2. The predicted octanol–water partition coefficient (Wildman–Crippen LogP) is 0.565. The van der Waals surface area contributed by atoms with Crippen molar-refractivity contribution in [2.24, 2.45) is 5.84 Å². The van der Waals surface area contributed by atoms with Gasteiger partial charge in [-0.3, -0.25) is 19.4 Å². The highest BCUT2D eigenvalue weighted by molar-refractivity contribution is 5.77. The van der Waals surface area contributed by atoms with E-state index >= 15 is 0 Å². The molecule has 0 aliphatic heterocycles. The first-order valence-corrected chi connectivity index (χ1v) is 7.02. The lowest BCUT2D eigenvalue weighted by atomic mass is 10.1. The van der Waals surface area contributed by atoms with E-state index in [0.717, 1.165) is 24.0 Å². The maximum absolute atomic E-state index is 12.2. The largest absolute Gasteiger partial charge is 0.328 e. The molecule has 2 aromatic rings. The fourth-order valence-electron chi connectivity index (χ4n) is 2.37. The molecule has 0 unspecified atom stereocenters. The van der Waals surface area contributed by atoms with Crippen molar-refractivity contribution in [1.29, 1.82) is 0 Å². The molecule has 0 bridgehead atoms. The number of nitrogens with one attached hydrogen (secondary N) is 1. The molecule has 1 aromatic heterocycles. The zero-order chi connectivity index (χ0) is 14.8. The number of carbonyl (C=O) groups is 1. The first-order valence-electron chi connectivity index (χ1n) is 7.02. The van der Waals surface area contributed by atoms with Crippen molar-refractivity contribution >= 4 is 5.91 Å². The molecule has 1 heterocycles. The number of nitrogens with zero attached hydrogens (tertiary/aromatic N) is 2. The van der Waals surface area contributed by atoms with Crippen LogP contribution in [0.5, 0.6) is 0 Å². The van der Waals surface area contributed by atoms with Crippen molar-refractivity contribution in [2.45, 2.75) is 31.8 Å². The molecule has 0 saturated heterocycles. The highest BCUT2D eigenvalue weighted by Gasteiger charge is 2.25. The van der Waals surface area contributed by atoms with E-state index in [-0.39, 0.29) is 18.0 Å². The van der Waals surface area contributed by atoms with Gasteiger partial charge in [0.1, 0.15) is 0 Å². The summed E-state index contributed by atoms with van der Waals surface area (Å²) in [6, 6.07) is 8.03. The van der Waals surface area contributed by atoms with Crippen LogP contribution in [0.4, 0.5) is 0 Å². The Bertz CT molecular complexity index is 695. The Hall–Kier alpha value is -2.34. The molecule has 3 N–H and O–H groups in total. The van der Waals surface area contributed by atoms with E-state index in [1.54, 1.807) is 9.13 Å². The van der Waals surface area contributed by atoms with Crippen LogP contribution in [0.25, 0.3) is 0 Å². The topological polar surface area (TPSA) is 82.0 Å². The number of benzene rings is 1. The van der Waals surface area contributed by atoms with E-state index in [1.807, 2.05) is 36.7 Å². The Labute approximate surface area is 122 Å². The standard InChI is InChI=1S/C15H18N4O2/c16-17-14(20)9-11-1-3-12(4-2-11)10-18-7-8-19(15(18)21)13-5-6-13/h1-4,7-8,13H,5-6,9-10,16H2,(H,17,20). The predicted molar refractivity (Wildman–Crippen MR) is 78.5 cm³/mol. The van der Waals surface area contributed by atoms with Gasteiger partial charge in [0, 0.05) is 18.4 Å². The molecule has 1 aliphatic carbocycles. The zero-order valence-corrected chi connectivity index (χ0v) is 11.7. The molecule has 110 valence electrons. The summed E-state index contributed by atoms with van der Waals surface area (Å²) in [6.07, 6.45) is 6.15. The van der Waals surface area contributed by atoms with Crippen molar-refractivity contribution in [3.8, 4) is 0 Å². The van der Waals surface area contributed by atoms with Crippen molar-refractivity contribution in [2.75, 3.05) is 0 Å². The first kappa shape index (κ1) is 13.6. The lowest BCUT2D eigenvalue weighted by molar-refractivity contribution is -0.120. The summed E-state index contributed by atoms with van der Waals surface area (Å²) in [7, 11) is 0. The number of imidazole rings is 1. The summed E-state index contributed by atoms with van der Waals surface area (Å²) in [6.45, 7) is 0.544. The summed E-state index contributed by atoms with van der Waals surface area (Å²) in [4.78, 5) is 23.4. The minimum absolute atomic E-state index is 0.0455. The van der Waals surface area contributed by atoms with E-state index in [4.69, 9.17) is 5.84 Å². The smallest absolute Gasteiger partial charge is 0.296 e. The van der Waals surface area contributed by atoms with Crippen LogP contribution >= 0.6 is 0 Å². The van der Waals surface area contributed by atoms with Crippen molar-refractivity contribution < 1.29 is 4.79 Å². The fraction of sp³-hybridized carbons (Fsp3) is 0.333. The summed E-state index contributed by atoms with van der Waals surface area (Å²) in [5, 5.41) is 0. The van der Waals surface area contributed by atoms with Gasteiger partial charge in [-0.2, -0.15) is 0 Å². The van der Waals surface area contributed by atoms with Crippen LogP contribution in [0.1, 0.15) is 30.0 Å². The molecular formula is C15H18N4O2. The Morgan fingerprint density at radius 3 is 2.48 bits per heavy atom. The molecule has 6 nitrogen and oxygen atoms in total. The monoisotopic (exact) mass is 286 g/mol. The average molecular weight is 286 g/mol. The van der Waals surface area contributed by atoms with Gasteiger partial charge in [-0.25, -0.2) is 10.6 Å². The van der Waals surface area contributed by atoms with Crippen LogP contribution in [0.3, 0.4) is 0 Å². The number of hydrogen-bond donors (Lipinski definition) is 2. The van der Waals surface area contributed by atoms with Crippen molar-refractivity contribution in [3.63, 3.8) is 0 Å². The van der Waals surface area contributed by atoms with E-state index in [0.29, 0.717) is 12.6 Å². The molecule has 1 aliphatic rings. The molecule has 1 fully saturated rings. The normalized spacial score (nSPS) is 14.1. The summed E-state index contributed by atoms with van der Waals surface area (Å²) < 4.78 is 3.51. The SMILES string of the molecule is NNC(=O)Cc1ccc(Cn2ccn(C3CC3)c2=O)cc1. The van der Waals surface area contributed by atoms with Crippen molar-refractivity contribution in [1.82, 2.24) is 14.6 Å². The van der Waals surface area contributed by atoms with Gasteiger partial charge >= 0.3 is 5.69 Å². The number of hydrogen-bond acceptors (Lipinski definition) is 3. The Balaban J connectivity index is 1.70. The van der Waals surface area contributed by atoms with Gasteiger partial charge in [0.25, 0.3) is 0 Å². The molecule has 3 rings (SSSR count). The molecule has 6 heteroatoms. The minimum Gasteiger partial charge on any atom is -0.296 e. The molecule has 0 radical (unpaired) electrons. The number of rotatable bonds is 5. The van der Waals surface area contributed by atoms with Crippen LogP contribution in [-0.4, -0.2) is 15.0 Å². The highest BCUT2D eigenvalue weighted by atomic mass is 16.2. The molecule has 1 amide bonds. The quantitative estimate of drug-likeness (QED) is 0.479. The van der Waals surface area contributed by atoms with Crippen LogP contribution in [0, 0.1) is 0 Å². The Morgan fingerprint density at radius 2 is 1.86 bits per heavy atom. The van der Waals surface area contributed by atoms with Crippen molar-refractivity contribution in [3.05, 3.63) is 58.3 Å². The summed E-state index contributed by atoms with van der Waals surface area (Å²) in [5.41, 5.74) is 4.08. The second kappa shape index (κ2) is 5.57. The third-order valence-corrected chi connectivity index (χ3v) is 3.72. The lowest BCUT2D eigenvalue weighted by Crippen LogP contribution is -2.31. The lowest BCUT2D eigenvalue weighted by Gasteiger charge is -2.05. The van der Waals surface area contributed by atoms with E-state index in [2.05, 4.69) is 5.43 Å². The van der Waals surface area contributed by atoms with Gasteiger partial charge in [0.05, 0.1) is 13.0 Å². The van der Waals surface area contributed by atoms with Gasteiger partial charge in [-0.15, -0.1) is 0 Å². The van der Waals surface area contributed by atoms with E-state index in [9.17, 15) is 9.59 Å².